The van der Waals surface area contributed by atoms with Gasteiger partial charge in [0.15, 0.2) is 0 Å². The highest BCUT2D eigenvalue weighted by Crippen LogP contribution is 2.28. The van der Waals surface area contributed by atoms with Crippen LogP contribution in [0.3, 0.4) is 0 Å². The highest BCUT2D eigenvalue weighted by atomic mass is 35.5. The molecule has 1 unspecified atom stereocenters. The van der Waals surface area contributed by atoms with Crippen molar-refractivity contribution in [3.63, 3.8) is 0 Å². The molecule has 0 radical (unpaired) electrons. The highest BCUT2D eigenvalue weighted by Gasteiger charge is 2.32. The number of methoxy groups -OCH3 is 1. The molecule has 4 nitrogen and oxygen atoms in total. The van der Waals surface area contributed by atoms with Crippen molar-refractivity contribution in [3.8, 4) is 0 Å². The second kappa shape index (κ2) is 9.97. The van der Waals surface area contributed by atoms with Crippen LogP contribution < -0.4 is 10.6 Å². The maximum Gasteiger partial charge on any atom is 0.220 e. The zero-order valence-electron chi connectivity index (χ0n) is 14.4. The van der Waals surface area contributed by atoms with Crippen LogP contribution in [0.2, 0.25) is 0 Å². The third-order valence-electron chi connectivity index (χ3n) is 4.68. The van der Waals surface area contributed by atoms with Crippen LogP contribution in [0.1, 0.15) is 37.7 Å². The molecule has 1 aromatic carbocycles. The first-order chi connectivity index (χ1) is 11.0. The molecule has 1 saturated heterocycles. The molecule has 2 N–H and O–H groups in total. The van der Waals surface area contributed by atoms with E-state index in [1.807, 2.05) is 13.0 Å². The van der Waals surface area contributed by atoms with E-state index in [9.17, 15) is 9.18 Å². The summed E-state index contributed by atoms with van der Waals surface area (Å²) in [6, 6.07) is 6.46. The van der Waals surface area contributed by atoms with Gasteiger partial charge >= 0.3 is 0 Å². The van der Waals surface area contributed by atoms with Crippen LogP contribution >= 0.6 is 12.4 Å². The molecule has 1 aliphatic rings. The molecule has 1 heterocycles. The monoisotopic (exact) mass is 358 g/mol. The van der Waals surface area contributed by atoms with Crippen LogP contribution in [-0.4, -0.2) is 39.3 Å². The summed E-state index contributed by atoms with van der Waals surface area (Å²) >= 11 is 0. The minimum Gasteiger partial charge on any atom is -0.384 e. The first kappa shape index (κ1) is 20.9. The van der Waals surface area contributed by atoms with Gasteiger partial charge in [0.2, 0.25) is 5.91 Å². The molecule has 0 bridgehead atoms. The second-order valence-corrected chi connectivity index (χ2v) is 6.62. The maximum atomic E-state index is 13.3. The lowest BCUT2D eigenvalue weighted by atomic mass is 9.79. The normalized spacial score (nSPS) is 17.6. The molecule has 6 heteroatoms. The Balaban J connectivity index is 0.00000288. The Bertz CT molecular complexity index is 516. The molecule has 2 rings (SSSR count). The molecule has 1 aromatic rings. The van der Waals surface area contributed by atoms with E-state index in [4.69, 9.17) is 4.74 Å². The number of hydrogen-bond donors (Lipinski definition) is 2. The first-order valence-electron chi connectivity index (χ1n) is 8.26. The summed E-state index contributed by atoms with van der Waals surface area (Å²) in [5.74, 6) is -0.253. The van der Waals surface area contributed by atoms with Crippen molar-refractivity contribution in [1.29, 1.82) is 0 Å². The second-order valence-electron chi connectivity index (χ2n) is 6.62. The van der Waals surface area contributed by atoms with Crippen LogP contribution in [0.4, 0.5) is 4.39 Å². The van der Waals surface area contributed by atoms with Gasteiger partial charge < -0.3 is 15.4 Å². The Kier molecular flexibility index (Phi) is 8.67. The van der Waals surface area contributed by atoms with E-state index in [1.165, 1.54) is 12.1 Å². The SMILES string of the molecule is COCC1(CNC(=O)CC(C)c2cccc(F)c2)CCNCC1.Cl. The number of amides is 1. The Morgan fingerprint density at radius 1 is 1.42 bits per heavy atom. The minimum atomic E-state index is -0.261. The van der Waals surface area contributed by atoms with Crippen molar-refractivity contribution < 1.29 is 13.9 Å². The molecular formula is C18H28ClFN2O2. The molecular weight excluding hydrogens is 331 g/mol. The van der Waals surface area contributed by atoms with E-state index < -0.39 is 0 Å². The molecule has 0 aromatic heterocycles. The number of rotatable bonds is 7. The fourth-order valence-corrected chi connectivity index (χ4v) is 3.20. The summed E-state index contributed by atoms with van der Waals surface area (Å²) in [6.45, 7) is 5.16. The van der Waals surface area contributed by atoms with Crippen LogP contribution in [0.5, 0.6) is 0 Å². The van der Waals surface area contributed by atoms with Gasteiger partial charge in [0.1, 0.15) is 5.82 Å². The van der Waals surface area contributed by atoms with E-state index >= 15 is 0 Å². The molecule has 0 aliphatic carbocycles. The topological polar surface area (TPSA) is 50.4 Å². The first-order valence-corrected chi connectivity index (χ1v) is 8.26. The van der Waals surface area contributed by atoms with Gasteiger partial charge in [-0.1, -0.05) is 19.1 Å². The van der Waals surface area contributed by atoms with E-state index in [2.05, 4.69) is 10.6 Å². The van der Waals surface area contributed by atoms with E-state index in [1.54, 1.807) is 13.2 Å². The Morgan fingerprint density at radius 3 is 2.75 bits per heavy atom. The standard InChI is InChI=1S/C18H27FN2O2.ClH/c1-14(15-4-3-5-16(19)11-15)10-17(22)21-12-18(13-23-2)6-8-20-9-7-18;/h3-5,11,14,20H,6-10,12-13H2,1-2H3,(H,21,22);1H. The molecule has 1 amide bonds. The number of hydrogen-bond acceptors (Lipinski definition) is 3. The van der Waals surface area contributed by atoms with Crippen LogP contribution in [0.25, 0.3) is 0 Å². The smallest absolute Gasteiger partial charge is 0.220 e. The fourth-order valence-electron chi connectivity index (χ4n) is 3.20. The maximum absolute atomic E-state index is 13.3. The lowest BCUT2D eigenvalue weighted by Gasteiger charge is -2.37. The van der Waals surface area contributed by atoms with Crippen molar-refractivity contribution in [2.75, 3.05) is 33.4 Å². The molecule has 0 spiro atoms. The number of nitrogens with one attached hydrogen (secondary N) is 2. The zero-order valence-corrected chi connectivity index (χ0v) is 15.3. The summed E-state index contributed by atoms with van der Waals surface area (Å²) in [5, 5.41) is 6.39. The number of halogens is 2. The highest BCUT2D eigenvalue weighted by molar-refractivity contribution is 5.85. The van der Waals surface area contributed by atoms with Gasteiger partial charge in [-0.25, -0.2) is 4.39 Å². The van der Waals surface area contributed by atoms with Crippen molar-refractivity contribution in [2.24, 2.45) is 5.41 Å². The van der Waals surface area contributed by atoms with Crippen molar-refractivity contribution >= 4 is 18.3 Å². The summed E-state index contributed by atoms with van der Waals surface area (Å²) in [7, 11) is 1.71. The fraction of sp³-hybridized carbons (Fsp3) is 0.611. The zero-order chi connectivity index (χ0) is 16.7. The lowest BCUT2D eigenvalue weighted by Crippen LogP contribution is -2.47. The molecule has 0 saturated carbocycles. The average Bonchev–Trinajstić information content (AvgIpc) is 2.54. The molecule has 1 aliphatic heterocycles. The van der Waals surface area contributed by atoms with E-state index in [-0.39, 0.29) is 35.5 Å². The quantitative estimate of drug-likeness (QED) is 0.788. The van der Waals surface area contributed by atoms with Crippen LogP contribution in [0.15, 0.2) is 24.3 Å². The lowest BCUT2D eigenvalue weighted by molar-refractivity contribution is -0.122. The predicted molar refractivity (Wildman–Crippen MR) is 96.1 cm³/mol. The van der Waals surface area contributed by atoms with Gasteiger partial charge in [-0.2, -0.15) is 0 Å². The number of ether oxygens (including phenoxy) is 1. The molecule has 136 valence electrons. The Labute approximate surface area is 149 Å². The molecule has 1 atom stereocenters. The number of piperidine rings is 1. The van der Waals surface area contributed by atoms with Crippen LogP contribution in [-0.2, 0) is 9.53 Å². The minimum absolute atomic E-state index is 0. The summed E-state index contributed by atoms with van der Waals surface area (Å²) in [6.07, 6.45) is 2.37. The Hall–Kier alpha value is -1.17. The average molecular weight is 359 g/mol. The van der Waals surface area contributed by atoms with Crippen molar-refractivity contribution in [2.45, 2.75) is 32.1 Å². The third-order valence-corrected chi connectivity index (χ3v) is 4.68. The van der Waals surface area contributed by atoms with E-state index in [0.717, 1.165) is 31.5 Å². The van der Waals surface area contributed by atoms with Gasteiger partial charge in [-0.3, -0.25) is 4.79 Å². The van der Waals surface area contributed by atoms with Crippen LogP contribution in [0, 0.1) is 11.2 Å². The molecule has 24 heavy (non-hydrogen) atoms. The Morgan fingerprint density at radius 2 is 2.12 bits per heavy atom. The third kappa shape index (κ3) is 6.04. The van der Waals surface area contributed by atoms with Gasteiger partial charge in [0, 0.05) is 25.5 Å². The molecule has 1 fully saturated rings. The van der Waals surface area contributed by atoms with Gasteiger partial charge in [0.05, 0.1) is 6.61 Å². The number of benzene rings is 1. The van der Waals surface area contributed by atoms with Gasteiger partial charge in [-0.05, 0) is 49.5 Å². The largest absolute Gasteiger partial charge is 0.384 e. The predicted octanol–water partition coefficient (Wildman–Crippen LogP) is 2.87. The van der Waals surface area contributed by atoms with Crippen molar-refractivity contribution in [3.05, 3.63) is 35.6 Å². The summed E-state index contributed by atoms with van der Waals surface area (Å²) < 4.78 is 18.6. The van der Waals surface area contributed by atoms with Gasteiger partial charge in [0.25, 0.3) is 0 Å². The number of carbonyl (C=O) groups is 1. The summed E-state index contributed by atoms with van der Waals surface area (Å²) in [4.78, 5) is 12.2. The van der Waals surface area contributed by atoms with Gasteiger partial charge in [-0.15, -0.1) is 12.4 Å². The van der Waals surface area contributed by atoms with E-state index in [0.29, 0.717) is 19.6 Å². The van der Waals surface area contributed by atoms with Crippen molar-refractivity contribution in [1.82, 2.24) is 10.6 Å². The summed E-state index contributed by atoms with van der Waals surface area (Å²) in [5.41, 5.74) is 0.881. The number of carbonyl (C=O) groups excluding carboxylic acids is 1.